The van der Waals surface area contributed by atoms with Crippen LogP contribution in [0.15, 0.2) is 36.0 Å². The number of benzene rings is 1. The van der Waals surface area contributed by atoms with E-state index in [4.69, 9.17) is 9.47 Å². The van der Waals surface area contributed by atoms with E-state index in [1.165, 1.54) is 27.2 Å². The van der Waals surface area contributed by atoms with Gasteiger partial charge in [0.05, 0.1) is 19.1 Å². The summed E-state index contributed by atoms with van der Waals surface area (Å²) in [5.74, 6) is -3.07. The predicted molar refractivity (Wildman–Crippen MR) is 88.7 cm³/mol. The van der Waals surface area contributed by atoms with E-state index in [1.54, 1.807) is 31.2 Å². The highest BCUT2D eigenvalue weighted by Crippen LogP contribution is 2.42. The molecule has 25 heavy (non-hydrogen) atoms. The van der Waals surface area contributed by atoms with Crippen molar-refractivity contribution in [3.05, 3.63) is 51.7 Å². The Morgan fingerprint density at radius 2 is 1.88 bits per heavy atom. The molecule has 0 aliphatic carbocycles. The third-order valence-electron chi connectivity index (χ3n) is 4.42. The molecule has 134 valence electrons. The van der Waals surface area contributed by atoms with Crippen LogP contribution in [0.5, 0.6) is 0 Å². The summed E-state index contributed by atoms with van der Waals surface area (Å²) >= 11 is 0. The molecular weight excluding hydrogens is 328 g/mol. The molecule has 0 saturated carbocycles. The molecule has 1 aromatic rings. The number of ether oxygens (including phenoxy) is 2. The molecule has 1 aromatic carbocycles. The number of nitrogens with zero attached hydrogens (tertiary/aromatic N) is 1. The highest BCUT2D eigenvalue weighted by Gasteiger charge is 2.54. The Kier molecular flexibility index (Phi) is 5.10. The van der Waals surface area contributed by atoms with Crippen molar-refractivity contribution in [2.45, 2.75) is 25.3 Å². The minimum Gasteiger partial charge on any atom is -0.469 e. The van der Waals surface area contributed by atoms with Gasteiger partial charge in [0.1, 0.15) is 11.5 Å². The average Bonchev–Trinajstić information content (AvgIpc) is 2.59. The fraction of sp³-hybridized carbons (Fsp3) is 0.412. The van der Waals surface area contributed by atoms with Crippen LogP contribution in [0, 0.1) is 16.0 Å². The second kappa shape index (κ2) is 6.92. The van der Waals surface area contributed by atoms with Crippen LogP contribution in [-0.2, 0) is 19.1 Å². The van der Waals surface area contributed by atoms with Gasteiger partial charge in [-0.25, -0.2) is 4.79 Å². The molecule has 0 saturated heterocycles. The first-order chi connectivity index (χ1) is 11.8. The third-order valence-corrected chi connectivity index (χ3v) is 4.42. The molecule has 1 aliphatic rings. The van der Waals surface area contributed by atoms with Gasteiger partial charge in [-0.15, -0.1) is 0 Å². The molecule has 0 spiro atoms. The van der Waals surface area contributed by atoms with Crippen LogP contribution in [0.1, 0.15) is 25.3 Å². The number of para-hydroxylation sites is 1. The maximum absolute atomic E-state index is 12.5. The summed E-state index contributed by atoms with van der Waals surface area (Å²) in [5, 5.41) is 14.4. The van der Waals surface area contributed by atoms with Gasteiger partial charge in [-0.05, 0) is 13.8 Å². The number of allylic oxidation sites excluding steroid dienone is 2. The van der Waals surface area contributed by atoms with Gasteiger partial charge in [0.25, 0.3) is 5.69 Å². The van der Waals surface area contributed by atoms with Crippen LogP contribution in [0.25, 0.3) is 0 Å². The average molecular weight is 348 g/mol. The van der Waals surface area contributed by atoms with Crippen molar-refractivity contribution in [2.24, 2.45) is 5.92 Å². The van der Waals surface area contributed by atoms with Crippen LogP contribution < -0.4 is 5.32 Å². The van der Waals surface area contributed by atoms with Crippen molar-refractivity contribution < 1.29 is 24.0 Å². The summed E-state index contributed by atoms with van der Waals surface area (Å²) in [6.45, 7) is 3.25. The fourth-order valence-electron chi connectivity index (χ4n) is 3.36. The number of methoxy groups -OCH3 is 2. The second-order valence-corrected chi connectivity index (χ2v) is 6.01. The maximum atomic E-state index is 12.5. The Morgan fingerprint density at radius 1 is 1.24 bits per heavy atom. The van der Waals surface area contributed by atoms with Crippen molar-refractivity contribution >= 4 is 17.6 Å². The number of nitro benzene ring substituents is 1. The second-order valence-electron chi connectivity index (χ2n) is 6.01. The first-order valence-electron chi connectivity index (χ1n) is 7.62. The van der Waals surface area contributed by atoms with E-state index in [2.05, 4.69) is 5.32 Å². The van der Waals surface area contributed by atoms with E-state index in [0.717, 1.165) is 0 Å². The maximum Gasteiger partial charge on any atom is 0.332 e. The summed E-state index contributed by atoms with van der Waals surface area (Å²) in [6, 6.07) is 6.14. The lowest BCUT2D eigenvalue weighted by Gasteiger charge is -2.42. The van der Waals surface area contributed by atoms with E-state index in [0.29, 0.717) is 11.3 Å². The van der Waals surface area contributed by atoms with Gasteiger partial charge in [0, 0.05) is 23.2 Å². The smallest absolute Gasteiger partial charge is 0.332 e. The Hall–Kier alpha value is -2.90. The molecule has 3 atom stereocenters. The van der Waals surface area contributed by atoms with Crippen LogP contribution in [0.4, 0.5) is 5.69 Å². The molecule has 8 nitrogen and oxygen atoms in total. The Morgan fingerprint density at radius 3 is 2.44 bits per heavy atom. The van der Waals surface area contributed by atoms with Crippen molar-refractivity contribution in [2.75, 3.05) is 14.2 Å². The zero-order valence-electron chi connectivity index (χ0n) is 14.4. The van der Waals surface area contributed by atoms with E-state index in [9.17, 15) is 19.7 Å². The number of hydrogen-bond donors (Lipinski definition) is 1. The molecule has 1 heterocycles. The molecule has 1 N–H and O–H groups in total. The van der Waals surface area contributed by atoms with Gasteiger partial charge < -0.3 is 14.8 Å². The Balaban J connectivity index is 2.70. The summed E-state index contributed by atoms with van der Waals surface area (Å²) in [7, 11) is 2.43. The molecule has 2 rings (SSSR count). The van der Waals surface area contributed by atoms with E-state index < -0.39 is 34.2 Å². The number of carbonyl (C=O) groups excluding carboxylic acids is 2. The first kappa shape index (κ1) is 18.4. The van der Waals surface area contributed by atoms with E-state index >= 15 is 0 Å². The van der Waals surface area contributed by atoms with Gasteiger partial charge in [-0.1, -0.05) is 24.3 Å². The summed E-state index contributed by atoms with van der Waals surface area (Å²) in [6.07, 6.45) is 1.69. The molecule has 0 aromatic heterocycles. The molecule has 0 fully saturated rings. The minimum atomic E-state index is -1.42. The quantitative estimate of drug-likeness (QED) is 0.503. The van der Waals surface area contributed by atoms with Crippen molar-refractivity contribution in [1.82, 2.24) is 5.32 Å². The van der Waals surface area contributed by atoms with E-state index in [1.807, 2.05) is 0 Å². The lowest BCUT2D eigenvalue weighted by molar-refractivity contribution is -0.385. The predicted octanol–water partition coefficient (Wildman–Crippen LogP) is 1.91. The van der Waals surface area contributed by atoms with Crippen molar-refractivity contribution in [1.29, 1.82) is 0 Å². The highest BCUT2D eigenvalue weighted by atomic mass is 16.6. The van der Waals surface area contributed by atoms with Gasteiger partial charge in [-0.2, -0.15) is 0 Å². The molecule has 0 amide bonds. The first-order valence-corrected chi connectivity index (χ1v) is 7.62. The zero-order valence-corrected chi connectivity index (χ0v) is 14.4. The standard InChI is InChI=1S/C17H20N2O6/c1-10-9-12(11-7-5-6-8-13(11)19(22)23)14(15(20)24-3)17(2,18-10)16(21)25-4/h5-9,12,14,18H,1-4H3. The zero-order chi connectivity index (χ0) is 18.8. The lowest BCUT2D eigenvalue weighted by atomic mass is 9.70. The van der Waals surface area contributed by atoms with Crippen molar-refractivity contribution in [3.63, 3.8) is 0 Å². The normalized spacial score (nSPS) is 25.4. The number of hydrogen-bond acceptors (Lipinski definition) is 7. The Bertz CT molecular complexity index is 744. The summed E-state index contributed by atoms with van der Waals surface area (Å²) in [4.78, 5) is 35.8. The number of carbonyl (C=O) groups is 2. The number of esters is 2. The van der Waals surface area contributed by atoms with Crippen LogP contribution >= 0.6 is 0 Å². The molecule has 1 aliphatic heterocycles. The molecular formula is C17H20N2O6. The van der Waals surface area contributed by atoms with E-state index in [-0.39, 0.29) is 5.69 Å². The monoisotopic (exact) mass is 348 g/mol. The molecule has 8 heteroatoms. The Labute approximate surface area is 145 Å². The fourth-order valence-corrected chi connectivity index (χ4v) is 3.36. The highest BCUT2D eigenvalue weighted by molar-refractivity contribution is 5.90. The van der Waals surface area contributed by atoms with Crippen LogP contribution in [0.3, 0.4) is 0 Å². The van der Waals surface area contributed by atoms with Crippen LogP contribution in [0.2, 0.25) is 0 Å². The molecule has 3 unspecified atom stereocenters. The number of nitrogens with one attached hydrogen (secondary N) is 1. The van der Waals surface area contributed by atoms with Crippen LogP contribution in [-0.4, -0.2) is 36.6 Å². The molecule has 0 radical (unpaired) electrons. The minimum absolute atomic E-state index is 0.125. The molecule has 0 bridgehead atoms. The van der Waals surface area contributed by atoms with Gasteiger partial charge in [0.15, 0.2) is 0 Å². The summed E-state index contributed by atoms with van der Waals surface area (Å²) < 4.78 is 9.74. The van der Waals surface area contributed by atoms with Gasteiger partial charge in [0.2, 0.25) is 0 Å². The topological polar surface area (TPSA) is 108 Å². The van der Waals surface area contributed by atoms with Gasteiger partial charge in [-0.3, -0.25) is 14.9 Å². The number of rotatable bonds is 4. The lowest BCUT2D eigenvalue weighted by Crippen LogP contribution is -2.61. The third kappa shape index (κ3) is 3.19. The SMILES string of the molecule is COC(=O)C1C(c2ccccc2[N+](=O)[O-])C=C(C)NC1(C)C(=O)OC. The summed E-state index contributed by atoms with van der Waals surface area (Å²) in [5.41, 5.74) is -0.607. The van der Waals surface area contributed by atoms with Crippen molar-refractivity contribution in [3.8, 4) is 0 Å². The largest absolute Gasteiger partial charge is 0.469 e. The van der Waals surface area contributed by atoms with Gasteiger partial charge >= 0.3 is 11.9 Å². The number of nitro groups is 1.